The first kappa shape index (κ1) is 26.2. The molecule has 7 nitrogen and oxygen atoms in total. The Kier molecular flexibility index (Phi) is 9.51. The van der Waals surface area contributed by atoms with Crippen molar-refractivity contribution >= 4 is 17.7 Å². The minimum absolute atomic E-state index is 0.00101. The van der Waals surface area contributed by atoms with Crippen LogP contribution >= 0.6 is 0 Å². The second kappa shape index (κ2) is 12.3. The highest BCUT2D eigenvalue weighted by Crippen LogP contribution is 2.30. The first-order valence-corrected chi connectivity index (χ1v) is 12.9. The molecule has 5 atom stereocenters. The molecule has 7 heteroatoms. The van der Waals surface area contributed by atoms with Crippen LogP contribution < -0.4 is 11.1 Å². The highest BCUT2D eigenvalue weighted by atomic mass is 16.5. The largest absolute Gasteiger partial charge is 0.372 e. The Balaban J connectivity index is 1.64. The number of amides is 3. The highest BCUT2D eigenvalue weighted by molar-refractivity contribution is 5.91. The number of nitrogens with zero attached hydrogens (tertiary/aromatic N) is 1. The van der Waals surface area contributed by atoms with E-state index in [2.05, 4.69) is 5.32 Å². The third kappa shape index (κ3) is 6.81. The van der Waals surface area contributed by atoms with Crippen LogP contribution in [-0.2, 0) is 25.7 Å². The van der Waals surface area contributed by atoms with Crippen LogP contribution in [0.4, 0.5) is 0 Å². The Morgan fingerprint density at radius 1 is 1.18 bits per heavy atom. The van der Waals surface area contributed by atoms with Crippen molar-refractivity contribution in [3.8, 4) is 0 Å². The van der Waals surface area contributed by atoms with Crippen LogP contribution in [0.2, 0.25) is 0 Å². The van der Waals surface area contributed by atoms with Gasteiger partial charge in [0.1, 0.15) is 6.04 Å². The van der Waals surface area contributed by atoms with Gasteiger partial charge in [-0.2, -0.15) is 0 Å². The van der Waals surface area contributed by atoms with Crippen LogP contribution in [0, 0.1) is 17.8 Å². The van der Waals surface area contributed by atoms with Crippen molar-refractivity contribution in [1.29, 1.82) is 0 Å². The third-order valence-electron chi connectivity index (χ3n) is 7.15. The fourth-order valence-electron chi connectivity index (χ4n) is 5.43. The average Bonchev–Trinajstić information content (AvgIpc) is 3.16. The first-order valence-electron chi connectivity index (χ1n) is 12.9. The number of primary amides is 1. The molecule has 0 saturated carbocycles. The zero-order chi connectivity index (χ0) is 24.7. The molecule has 0 aliphatic carbocycles. The van der Waals surface area contributed by atoms with E-state index in [4.69, 9.17) is 10.5 Å². The van der Waals surface area contributed by atoms with E-state index in [0.717, 1.165) is 31.2 Å². The monoisotopic (exact) mass is 471 g/mol. The van der Waals surface area contributed by atoms with Crippen LogP contribution in [0.25, 0.3) is 0 Å². The van der Waals surface area contributed by atoms with E-state index in [9.17, 15) is 14.4 Å². The predicted octanol–water partition coefficient (Wildman–Crippen LogP) is 3.41. The third-order valence-corrected chi connectivity index (χ3v) is 7.15. The molecule has 1 aromatic carbocycles. The minimum Gasteiger partial charge on any atom is -0.372 e. The van der Waals surface area contributed by atoms with Gasteiger partial charge in [0, 0.05) is 24.4 Å². The second-order valence-corrected chi connectivity index (χ2v) is 10.3. The van der Waals surface area contributed by atoms with Gasteiger partial charge in [-0.25, -0.2) is 0 Å². The van der Waals surface area contributed by atoms with E-state index in [0.29, 0.717) is 32.4 Å². The van der Waals surface area contributed by atoms with E-state index in [1.165, 1.54) is 0 Å². The molecule has 0 unspecified atom stereocenters. The molecule has 34 heavy (non-hydrogen) atoms. The zero-order valence-electron chi connectivity index (χ0n) is 20.9. The molecule has 188 valence electrons. The average molecular weight is 472 g/mol. The summed E-state index contributed by atoms with van der Waals surface area (Å²) in [7, 11) is 0. The molecule has 2 fully saturated rings. The van der Waals surface area contributed by atoms with Crippen molar-refractivity contribution < 1.29 is 19.1 Å². The van der Waals surface area contributed by atoms with Gasteiger partial charge in [-0.3, -0.25) is 14.4 Å². The maximum atomic E-state index is 13.4. The number of ether oxygens (including phenoxy) is 1. The van der Waals surface area contributed by atoms with Crippen LogP contribution in [0.3, 0.4) is 0 Å². The lowest BCUT2D eigenvalue weighted by molar-refractivity contribution is -0.140. The smallest absolute Gasteiger partial charge is 0.245 e. The molecule has 2 saturated heterocycles. The summed E-state index contributed by atoms with van der Waals surface area (Å²) in [6.45, 7) is 7.14. The highest BCUT2D eigenvalue weighted by Gasteiger charge is 2.42. The first-order chi connectivity index (χ1) is 16.3. The van der Waals surface area contributed by atoms with Crippen molar-refractivity contribution in [2.75, 3.05) is 6.54 Å². The summed E-state index contributed by atoms with van der Waals surface area (Å²) in [4.78, 5) is 40.8. The van der Waals surface area contributed by atoms with Crippen LogP contribution in [0.1, 0.15) is 71.3 Å². The van der Waals surface area contributed by atoms with Crippen LogP contribution in [0.15, 0.2) is 30.3 Å². The summed E-state index contributed by atoms with van der Waals surface area (Å²) in [6, 6.07) is 9.64. The molecular formula is C27H41N3O4. The summed E-state index contributed by atoms with van der Waals surface area (Å²) in [5.41, 5.74) is 6.79. The lowest BCUT2D eigenvalue weighted by atomic mass is 9.81. The van der Waals surface area contributed by atoms with Gasteiger partial charge in [-0.05, 0) is 50.0 Å². The maximum Gasteiger partial charge on any atom is 0.245 e. The predicted molar refractivity (Wildman–Crippen MR) is 131 cm³/mol. The van der Waals surface area contributed by atoms with Crippen LogP contribution in [0.5, 0.6) is 0 Å². The lowest BCUT2D eigenvalue weighted by Gasteiger charge is -2.29. The van der Waals surface area contributed by atoms with Gasteiger partial charge in [0.2, 0.25) is 17.7 Å². The van der Waals surface area contributed by atoms with Gasteiger partial charge in [0.05, 0.1) is 12.7 Å². The number of rotatable bonds is 11. The van der Waals surface area contributed by atoms with Crippen molar-refractivity contribution in [1.82, 2.24) is 10.2 Å². The maximum absolute atomic E-state index is 13.4. The number of fused-ring (bicyclic) bond motifs is 1. The number of carbonyl (C=O) groups is 3. The molecule has 3 amide bonds. The standard InChI is InChI=1S/C27H41N3O4/c1-4-9-22(25(28)31)23(14-18(2)3)26(32)29-24-13-8-12-20-15-21(16-30(20)27(24)33)34-17-19-10-6-5-7-11-19/h5-7,10-11,18,20-24H,4,8-9,12-17H2,1-3H3,(H2,28,31)(H,29,32)/t20-,21-,22+,23-,24+/m1/s1. The molecule has 3 rings (SSSR count). The van der Waals surface area contributed by atoms with Crippen LogP contribution in [-0.4, -0.2) is 47.4 Å². The van der Waals surface area contributed by atoms with Gasteiger partial charge < -0.3 is 20.7 Å². The summed E-state index contributed by atoms with van der Waals surface area (Å²) in [6.07, 6.45) is 5.16. The Labute approximate surface area is 203 Å². The molecule has 2 heterocycles. The Bertz CT molecular complexity index is 828. The summed E-state index contributed by atoms with van der Waals surface area (Å²) in [5.74, 6) is -1.47. The minimum atomic E-state index is -0.560. The van der Waals surface area contributed by atoms with E-state index >= 15 is 0 Å². The van der Waals surface area contributed by atoms with E-state index in [-0.39, 0.29) is 29.9 Å². The van der Waals surface area contributed by atoms with Gasteiger partial charge in [-0.1, -0.05) is 57.5 Å². The summed E-state index contributed by atoms with van der Waals surface area (Å²) >= 11 is 0. The molecule has 1 aromatic rings. The van der Waals surface area contributed by atoms with Gasteiger partial charge in [-0.15, -0.1) is 0 Å². The molecular weight excluding hydrogens is 430 g/mol. The van der Waals surface area contributed by atoms with E-state index in [1.807, 2.05) is 56.0 Å². The van der Waals surface area contributed by atoms with Crippen molar-refractivity contribution in [2.24, 2.45) is 23.5 Å². The van der Waals surface area contributed by atoms with Gasteiger partial charge in [0.25, 0.3) is 0 Å². The fourth-order valence-corrected chi connectivity index (χ4v) is 5.43. The SMILES string of the molecule is CCC[C@H](C(N)=O)[C@@H](CC(C)C)C(=O)N[C@H]1CCC[C@@H]2C[C@@H](OCc3ccccc3)CN2C1=O. The zero-order valence-corrected chi connectivity index (χ0v) is 20.9. The number of hydrogen-bond acceptors (Lipinski definition) is 4. The summed E-state index contributed by atoms with van der Waals surface area (Å²) in [5, 5.41) is 3.01. The number of nitrogens with one attached hydrogen (secondary N) is 1. The lowest BCUT2D eigenvalue weighted by Crippen LogP contribution is -2.51. The summed E-state index contributed by atoms with van der Waals surface area (Å²) < 4.78 is 6.12. The number of carbonyl (C=O) groups excluding carboxylic acids is 3. The fraction of sp³-hybridized carbons (Fsp3) is 0.667. The number of nitrogens with two attached hydrogens (primary N) is 1. The van der Waals surface area contributed by atoms with Crippen molar-refractivity contribution in [2.45, 2.75) is 90.5 Å². The second-order valence-electron chi connectivity index (χ2n) is 10.3. The van der Waals surface area contributed by atoms with E-state index < -0.39 is 23.8 Å². The molecule has 2 aliphatic heterocycles. The van der Waals surface area contributed by atoms with Crippen molar-refractivity contribution in [3.05, 3.63) is 35.9 Å². The Morgan fingerprint density at radius 3 is 2.56 bits per heavy atom. The molecule has 2 aliphatic rings. The van der Waals surface area contributed by atoms with Gasteiger partial charge in [0.15, 0.2) is 0 Å². The molecule has 0 spiro atoms. The normalized spacial score (nSPS) is 24.4. The van der Waals surface area contributed by atoms with Gasteiger partial charge >= 0.3 is 0 Å². The number of hydrogen-bond donors (Lipinski definition) is 2. The molecule has 0 aromatic heterocycles. The Morgan fingerprint density at radius 2 is 1.91 bits per heavy atom. The molecule has 0 radical (unpaired) electrons. The quantitative estimate of drug-likeness (QED) is 0.516. The topological polar surface area (TPSA) is 102 Å². The Hall–Kier alpha value is -2.41. The molecule has 0 bridgehead atoms. The van der Waals surface area contributed by atoms with E-state index in [1.54, 1.807) is 0 Å². The van der Waals surface area contributed by atoms with Crippen molar-refractivity contribution in [3.63, 3.8) is 0 Å². The molecule has 3 N–H and O–H groups in total. The number of benzene rings is 1.